The number of terminal acetylenes is 1. The van der Waals surface area contributed by atoms with E-state index >= 15 is 0 Å². The molecular weight excluding hydrogens is 224 g/mol. The molecule has 0 saturated carbocycles. The second-order valence-corrected chi connectivity index (χ2v) is 3.90. The fourth-order valence-electron chi connectivity index (χ4n) is 2.15. The van der Waals surface area contributed by atoms with Crippen LogP contribution in [0.3, 0.4) is 0 Å². The van der Waals surface area contributed by atoms with Crippen molar-refractivity contribution in [3.05, 3.63) is 0 Å². The Morgan fingerprint density at radius 1 is 1.41 bits per heavy atom. The van der Waals surface area contributed by atoms with Crippen LogP contribution in [-0.2, 0) is 23.8 Å². The third-order valence-electron chi connectivity index (χ3n) is 3.11. The monoisotopic (exact) mass is 240 g/mol. The molecule has 5 nitrogen and oxygen atoms in total. The van der Waals surface area contributed by atoms with Gasteiger partial charge in [0.1, 0.15) is 0 Å². The molecule has 1 heterocycles. The SMILES string of the molecule is C#CCC(C(=O)OC)(C(=O)OC)C1CCOC1. The van der Waals surface area contributed by atoms with Gasteiger partial charge >= 0.3 is 11.9 Å². The number of carbonyl (C=O) groups is 2. The highest BCUT2D eigenvalue weighted by Crippen LogP contribution is 2.39. The summed E-state index contributed by atoms with van der Waals surface area (Å²) >= 11 is 0. The molecule has 1 rings (SSSR count). The van der Waals surface area contributed by atoms with E-state index in [9.17, 15) is 9.59 Å². The molecule has 94 valence electrons. The fourth-order valence-corrected chi connectivity index (χ4v) is 2.15. The number of ether oxygens (including phenoxy) is 3. The van der Waals surface area contributed by atoms with E-state index in [4.69, 9.17) is 20.6 Å². The lowest BCUT2D eigenvalue weighted by Crippen LogP contribution is -2.47. The van der Waals surface area contributed by atoms with E-state index < -0.39 is 17.4 Å². The first-order chi connectivity index (χ1) is 8.13. The maximum absolute atomic E-state index is 11.9. The Kier molecular flexibility index (Phi) is 4.53. The second kappa shape index (κ2) is 5.69. The van der Waals surface area contributed by atoms with Crippen molar-refractivity contribution in [2.75, 3.05) is 27.4 Å². The van der Waals surface area contributed by atoms with Crippen LogP contribution in [0.4, 0.5) is 0 Å². The van der Waals surface area contributed by atoms with Gasteiger partial charge < -0.3 is 14.2 Å². The zero-order valence-corrected chi connectivity index (χ0v) is 10.0. The molecule has 17 heavy (non-hydrogen) atoms. The van der Waals surface area contributed by atoms with Crippen LogP contribution in [0.1, 0.15) is 12.8 Å². The Hall–Kier alpha value is -1.54. The van der Waals surface area contributed by atoms with Gasteiger partial charge in [0.2, 0.25) is 0 Å². The maximum atomic E-state index is 11.9. The summed E-state index contributed by atoms with van der Waals surface area (Å²) in [4.78, 5) is 23.9. The molecule has 0 radical (unpaired) electrons. The first-order valence-electron chi connectivity index (χ1n) is 5.31. The molecular formula is C12H16O5. The first-order valence-corrected chi connectivity index (χ1v) is 5.31. The largest absolute Gasteiger partial charge is 0.468 e. The smallest absolute Gasteiger partial charge is 0.324 e. The van der Waals surface area contributed by atoms with Crippen molar-refractivity contribution in [3.8, 4) is 12.3 Å². The molecule has 0 aromatic carbocycles. The van der Waals surface area contributed by atoms with Gasteiger partial charge in [0.15, 0.2) is 5.41 Å². The van der Waals surface area contributed by atoms with Crippen LogP contribution in [0.2, 0.25) is 0 Å². The van der Waals surface area contributed by atoms with Crippen LogP contribution in [0.25, 0.3) is 0 Å². The van der Waals surface area contributed by atoms with Crippen molar-refractivity contribution in [1.29, 1.82) is 0 Å². The van der Waals surface area contributed by atoms with Crippen LogP contribution < -0.4 is 0 Å². The molecule has 1 fully saturated rings. The Morgan fingerprint density at radius 2 is 2.00 bits per heavy atom. The Bertz CT molecular complexity index is 319. The molecule has 1 aliphatic heterocycles. The summed E-state index contributed by atoms with van der Waals surface area (Å²) < 4.78 is 14.6. The lowest BCUT2D eigenvalue weighted by molar-refractivity contribution is -0.173. The predicted octanol–water partition coefficient (Wildman–Crippen LogP) is 0.379. The summed E-state index contributed by atoms with van der Waals surface area (Å²) in [5, 5.41) is 0. The van der Waals surface area contributed by atoms with Gasteiger partial charge in [-0.3, -0.25) is 9.59 Å². The Morgan fingerprint density at radius 3 is 2.35 bits per heavy atom. The van der Waals surface area contributed by atoms with E-state index in [-0.39, 0.29) is 12.3 Å². The highest BCUT2D eigenvalue weighted by Gasteiger charge is 2.55. The van der Waals surface area contributed by atoms with Crippen molar-refractivity contribution in [2.24, 2.45) is 11.3 Å². The molecule has 1 atom stereocenters. The summed E-state index contributed by atoms with van der Waals surface area (Å²) in [7, 11) is 2.46. The fraction of sp³-hybridized carbons (Fsp3) is 0.667. The van der Waals surface area contributed by atoms with Crippen LogP contribution in [-0.4, -0.2) is 39.4 Å². The van der Waals surface area contributed by atoms with Gasteiger partial charge in [-0.15, -0.1) is 12.3 Å². The van der Waals surface area contributed by atoms with E-state index in [0.29, 0.717) is 19.6 Å². The second-order valence-electron chi connectivity index (χ2n) is 3.90. The van der Waals surface area contributed by atoms with Gasteiger partial charge in [0, 0.05) is 18.9 Å². The van der Waals surface area contributed by atoms with E-state index in [1.807, 2.05) is 0 Å². The molecule has 5 heteroatoms. The molecule has 0 aromatic rings. The minimum atomic E-state index is -1.44. The highest BCUT2D eigenvalue weighted by molar-refractivity contribution is 6.00. The van der Waals surface area contributed by atoms with Crippen molar-refractivity contribution < 1.29 is 23.8 Å². The standard InChI is InChI=1S/C12H16O5/c1-4-6-12(10(13)15-2,11(14)16-3)9-5-7-17-8-9/h1,9H,5-8H2,2-3H3. The van der Waals surface area contributed by atoms with Crippen LogP contribution in [0.15, 0.2) is 0 Å². The lowest BCUT2D eigenvalue weighted by Gasteiger charge is -2.30. The van der Waals surface area contributed by atoms with Gasteiger partial charge in [-0.05, 0) is 6.42 Å². The van der Waals surface area contributed by atoms with Gasteiger partial charge in [0.05, 0.1) is 20.8 Å². The molecule has 0 amide bonds. The topological polar surface area (TPSA) is 61.8 Å². The number of rotatable bonds is 4. The highest BCUT2D eigenvalue weighted by atomic mass is 16.5. The van der Waals surface area contributed by atoms with Gasteiger partial charge in [0.25, 0.3) is 0 Å². The summed E-state index contributed by atoms with van der Waals surface area (Å²) in [6.45, 7) is 0.816. The average molecular weight is 240 g/mol. The van der Waals surface area contributed by atoms with Crippen molar-refractivity contribution in [1.82, 2.24) is 0 Å². The van der Waals surface area contributed by atoms with E-state index in [1.165, 1.54) is 14.2 Å². The molecule has 0 aromatic heterocycles. The Balaban J connectivity index is 3.14. The molecule has 0 N–H and O–H groups in total. The normalized spacial score (nSPS) is 19.5. The number of hydrogen-bond acceptors (Lipinski definition) is 5. The number of esters is 2. The zero-order chi connectivity index (χ0) is 12.9. The quantitative estimate of drug-likeness (QED) is 0.404. The van der Waals surface area contributed by atoms with Crippen molar-refractivity contribution >= 4 is 11.9 Å². The summed E-state index contributed by atoms with van der Waals surface area (Å²) in [5.41, 5.74) is -1.44. The maximum Gasteiger partial charge on any atom is 0.324 e. The molecule has 0 bridgehead atoms. The van der Waals surface area contributed by atoms with Crippen LogP contribution in [0.5, 0.6) is 0 Å². The average Bonchev–Trinajstić information content (AvgIpc) is 2.88. The zero-order valence-electron chi connectivity index (χ0n) is 10.0. The molecule has 1 saturated heterocycles. The van der Waals surface area contributed by atoms with E-state index in [0.717, 1.165) is 0 Å². The first kappa shape index (κ1) is 13.5. The number of methoxy groups -OCH3 is 2. The predicted molar refractivity (Wildman–Crippen MR) is 58.8 cm³/mol. The number of hydrogen-bond donors (Lipinski definition) is 0. The third kappa shape index (κ3) is 2.27. The van der Waals surface area contributed by atoms with Crippen LogP contribution in [0, 0.1) is 23.7 Å². The van der Waals surface area contributed by atoms with Crippen molar-refractivity contribution in [3.63, 3.8) is 0 Å². The molecule has 0 spiro atoms. The molecule has 1 unspecified atom stereocenters. The minimum absolute atomic E-state index is 0.0413. The number of carbonyl (C=O) groups excluding carboxylic acids is 2. The van der Waals surface area contributed by atoms with Gasteiger partial charge in [-0.2, -0.15) is 0 Å². The van der Waals surface area contributed by atoms with Gasteiger partial charge in [-0.25, -0.2) is 0 Å². The molecule has 1 aliphatic rings. The summed E-state index contributed by atoms with van der Waals surface area (Å²) in [6.07, 6.45) is 5.81. The lowest BCUT2D eigenvalue weighted by atomic mass is 9.72. The summed E-state index contributed by atoms with van der Waals surface area (Å²) in [6, 6.07) is 0. The van der Waals surface area contributed by atoms with Crippen molar-refractivity contribution in [2.45, 2.75) is 12.8 Å². The Labute approximate surface area is 100 Å². The third-order valence-corrected chi connectivity index (χ3v) is 3.11. The van der Waals surface area contributed by atoms with E-state index in [1.54, 1.807) is 0 Å². The molecule has 0 aliphatic carbocycles. The van der Waals surface area contributed by atoms with E-state index in [2.05, 4.69) is 5.92 Å². The minimum Gasteiger partial charge on any atom is -0.468 e. The summed E-state index contributed by atoms with van der Waals surface area (Å²) in [5.74, 6) is 0.756. The van der Waals surface area contributed by atoms with Crippen LogP contribution >= 0.6 is 0 Å². The van der Waals surface area contributed by atoms with Gasteiger partial charge in [-0.1, -0.05) is 0 Å².